The maximum absolute atomic E-state index is 12.0. The van der Waals surface area contributed by atoms with Crippen LogP contribution in [-0.4, -0.2) is 36.5 Å². The van der Waals surface area contributed by atoms with E-state index < -0.39 is 0 Å². The molecular weight excluding hydrogens is 224 g/mol. The van der Waals surface area contributed by atoms with E-state index in [2.05, 4.69) is 36.2 Å². The number of allylic oxidation sites excluding steroid dienone is 2. The van der Waals surface area contributed by atoms with Gasteiger partial charge in [-0.25, -0.2) is 0 Å². The highest BCUT2D eigenvalue weighted by Crippen LogP contribution is 2.20. The summed E-state index contributed by atoms with van der Waals surface area (Å²) < 4.78 is 0. The summed E-state index contributed by atoms with van der Waals surface area (Å²) in [5.41, 5.74) is 0. The van der Waals surface area contributed by atoms with E-state index in [1.54, 1.807) is 0 Å². The fourth-order valence-electron chi connectivity index (χ4n) is 2.92. The number of nitrogens with one attached hydrogen (secondary N) is 1. The summed E-state index contributed by atoms with van der Waals surface area (Å²) in [5.74, 6) is 1.13. The minimum absolute atomic E-state index is 0.220. The van der Waals surface area contributed by atoms with Gasteiger partial charge in [0.2, 0.25) is 5.91 Å². The third-order valence-corrected chi connectivity index (χ3v) is 4.25. The summed E-state index contributed by atoms with van der Waals surface area (Å²) in [6, 6.07) is 0.634. The van der Waals surface area contributed by atoms with Crippen LogP contribution in [0.25, 0.3) is 0 Å². The van der Waals surface area contributed by atoms with Crippen molar-refractivity contribution in [3.8, 4) is 0 Å². The normalized spacial score (nSPS) is 28.8. The second kappa shape index (κ2) is 6.37. The minimum Gasteiger partial charge on any atom is -0.356 e. The van der Waals surface area contributed by atoms with Crippen LogP contribution in [0.2, 0.25) is 0 Å². The molecule has 1 aliphatic carbocycles. The lowest BCUT2D eigenvalue weighted by molar-refractivity contribution is -0.125. The van der Waals surface area contributed by atoms with E-state index in [0.29, 0.717) is 12.0 Å². The molecule has 3 nitrogen and oxygen atoms in total. The molecule has 0 radical (unpaired) electrons. The number of amides is 1. The van der Waals surface area contributed by atoms with Crippen LogP contribution in [0.1, 0.15) is 39.5 Å². The molecule has 0 aromatic rings. The van der Waals surface area contributed by atoms with Crippen LogP contribution < -0.4 is 5.32 Å². The van der Waals surface area contributed by atoms with E-state index in [-0.39, 0.29) is 11.8 Å². The van der Waals surface area contributed by atoms with Crippen molar-refractivity contribution in [2.45, 2.75) is 45.6 Å². The first kappa shape index (κ1) is 13.6. The SMILES string of the molecule is CC(C)N1CC[C@@H](CNC(=O)[C@H]2CC=CCC2)C1. The predicted octanol–water partition coefficient (Wildman–Crippen LogP) is 2.19. The average Bonchev–Trinajstić information content (AvgIpc) is 2.86. The van der Waals surface area contributed by atoms with Crippen molar-refractivity contribution in [2.24, 2.45) is 11.8 Å². The highest BCUT2D eigenvalue weighted by atomic mass is 16.1. The van der Waals surface area contributed by atoms with Crippen molar-refractivity contribution >= 4 is 5.91 Å². The molecule has 102 valence electrons. The Balaban J connectivity index is 1.69. The number of carbonyl (C=O) groups excluding carboxylic acids is 1. The van der Waals surface area contributed by atoms with Crippen molar-refractivity contribution in [1.29, 1.82) is 0 Å². The lowest BCUT2D eigenvalue weighted by atomic mass is 9.93. The number of hydrogen-bond donors (Lipinski definition) is 1. The number of carbonyl (C=O) groups is 1. The summed E-state index contributed by atoms with van der Waals surface area (Å²) in [7, 11) is 0. The molecule has 1 amide bonds. The number of rotatable bonds is 4. The Morgan fingerprint density at radius 2 is 2.22 bits per heavy atom. The number of likely N-dealkylation sites (tertiary alicyclic amines) is 1. The molecule has 1 N–H and O–H groups in total. The third-order valence-electron chi connectivity index (χ3n) is 4.25. The molecule has 0 spiro atoms. The molecule has 0 aromatic carbocycles. The third kappa shape index (κ3) is 3.58. The molecule has 2 atom stereocenters. The molecule has 1 saturated heterocycles. The zero-order chi connectivity index (χ0) is 13.0. The molecular formula is C15H26N2O. The highest BCUT2D eigenvalue weighted by molar-refractivity contribution is 5.78. The summed E-state index contributed by atoms with van der Waals surface area (Å²) >= 11 is 0. The Bertz CT molecular complexity index is 312. The van der Waals surface area contributed by atoms with E-state index in [1.165, 1.54) is 13.0 Å². The standard InChI is InChI=1S/C15H26N2O/c1-12(2)17-9-8-13(11-17)10-16-15(18)14-6-4-3-5-7-14/h3-4,12-14H,5-11H2,1-2H3,(H,16,18)/t13-,14-/m0/s1. The lowest BCUT2D eigenvalue weighted by Crippen LogP contribution is -2.36. The minimum atomic E-state index is 0.220. The Morgan fingerprint density at radius 3 is 2.83 bits per heavy atom. The van der Waals surface area contributed by atoms with Gasteiger partial charge in [-0.15, -0.1) is 0 Å². The van der Waals surface area contributed by atoms with Gasteiger partial charge in [0.1, 0.15) is 0 Å². The van der Waals surface area contributed by atoms with Crippen LogP contribution in [0.15, 0.2) is 12.2 Å². The van der Waals surface area contributed by atoms with E-state index in [1.807, 2.05) is 0 Å². The second-order valence-electron chi connectivity index (χ2n) is 5.97. The molecule has 1 heterocycles. The maximum Gasteiger partial charge on any atom is 0.223 e. The summed E-state index contributed by atoms with van der Waals surface area (Å²) in [6.07, 6.45) is 8.55. The van der Waals surface area contributed by atoms with Gasteiger partial charge in [0.05, 0.1) is 0 Å². The van der Waals surface area contributed by atoms with Crippen LogP contribution in [0.4, 0.5) is 0 Å². The molecule has 3 heteroatoms. The van der Waals surface area contributed by atoms with Gasteiger partial charge < -0.3 is 10.2 Å². The quantitative estimate of drug-likeness (QED) is 0.776. The van der Waals surface area contributed by atoms with Crippen LogP contribution in [0.3, 0.4) is 0 Å². The van der Waals surface area contributed by atoms with Crippen molar-refractivity contribution in [1.82, 2.24) is 10.2 Å². The monoisotopic (exact) mass is 250 g/mol. The second-order valence-corrected chi connectivity index (χ2v) is 5.97. The molecule has 0 saturated carbocycles. The molecule has 18 heavy (non-hydrogen) atoms. The van der Waals surface area contributed by atoms with Crippen molar-refractivity contribution < 1.29 is 4.79 Å². The lowest BCUT2D eigenvalue weighted by Gasteiger charge is -2.21. The van der Waals surface area contributed by atoms with E-state index in [0.717, 1.165) is 32.4 Å². The molecule has 2 rings (SSSR count). The van der Waals surface area contributed by atoms with Crippen molar-refractivity contribution in [3.05, 3.63) is 12.2 Å². The van der Waals surface area contributed by atoms with E-state index in [9.17, 15) is 4.79 Å². The fraction of sp³-hybridized carbons (Fsp3) is 0.800. The summed E-state index contributed by atoms with van der Waals surface area (Å²) in [6.45, 7) is 7.68. The van der Waals surface area contributed by atoms with Crippen LogP contribution in [-0.2, 0) is 4.79 Å². The Labute approximate surface area is 111 Å². The molecule has 2 aliphatic rings. The molecule has 0 bridgehead atoms. The van der Waals surface area contributed by atoms with Gasteiger partial charge >= 0.3 is 0 Å². The Morgan fingerprint density at radius 1 is 1.39 bits per heavy atom. The first-order chi connectivity index (χ1) is 8.66. The van der Waals surface area contributed by atoms with Gasteiger partial charge in [-0.05, 0) is 52.0 Å². The predicted molar refractivity (Wildman–Crippen MR) is 74.3 cm³/mol. The van der Waals surface area contributed by atoms with E-state index in [4.69, 9.17) is 0 Å². The largest absolute Gasteiger partial charge is 0.356 e. The topological polar surface area (TPSA) is 32.3 Å². The van der Waals surface area contributed by atoms with Gasteiger partial charge in [0, 0.05) is 25.0 Å². The van der Waals surface area contributed by atoms with Crippen LogP contribution >= 0.6 is 0 Å². The van der Waals surface area contributed by atoms with Crippen LogP contribution in [0, 0.1) is 11.8 Å². The van der Waals surface area contributed by atoms with Crippen LogP contribution in [0.5, 0.6) is 0 Å². The van der Waals surface area contributed by atoms with Gasteiger partial charge in [0.25, 0.3) is 0 Å². The Kier molecular flexibility index (Phi) is 4.81. The van der Waals surface area contributed by atoms with Gasteiger partial charge in [-0.2, -0.15) is 0 Å². The van der Waals surface area contributed by atoms with E-state index >= 15 is 0 Å². The fourth-order valence-corrected chi connectivity index (χ4v) is 2.92. The maximum atomic E-state index is 12.0. The average molecular weight is 250 g/mol. The van der Waals surface area contributed by atoms with Crippen molar-refractivity contribution in [3.63, 3.8) is 0 Å². The molecule has 0 unspecified atom stereocenters. The summed E-state index contributed by atoms with van der Waals surface area (Å²) in [4.78, 5) is 14.5. The Hall–Kier alpha value is -0.830. The smallest absolute Gasteiger partial charge is 0.223 e. The highest BCUT2D eigenvalue weighted by Gasteiger charge is 2.25. The molecule has 1 fully saturated rings. The van der Waals surface area contributed by atoms with Crippen molar-refractivity contribution in [2.75, 3.05) is 19.6 Å². The summed E-state index contributed by atoms with van der Waals surface area (Å²) in [5, 5.41) is 3.15. The molecule has 1 aliphatic heterocycles. The first-order valence-electron chi connectivity index (χ1n) is 7.33. The number of nitrogens with zero attached hydrogens (tertiary/aromatic N) is 1. The number of hydrogen-bond acceptors (Lipinski definition) is 2. The zero-order valence-corrected chi connectivity index (χ0v) is 11.7. The van der Waals surface area contributed by atoms with Gasteiger partial charge in [-0.3, -0.25) is 4.79 Å². The zero-order valence-electron chi connectivity index (χ0n) is 11.7. The molecule has 0 aromatic heterocycles. The van der Waals surface area contributed by atoms with Gasteiger partial charge in [0.15, 0.2) is 0 Å². The first-order valence-corrected chi connectivity index (χ1v) is 7.33. The van der Waals surface area contributed by atoms with Gasteiger partial charge in [-0.1, -0.05) is 12.2 Å².